The van der Waals surface area contributed by atoms with Crippen LogP contribution in [0.3, 0.4) is 0 Å². The molecular weight excluding hydrogens is 505 g/mol. The van der Waals surface area contributed by atoms with Gasteiger partial charge >= 0.3 is 7.12 Å². The summed E-state index contributed by atoms with van der Waals surface area (Å²) in [4.78, 5) is 30.9. The fourth-order valence-electron chi connectivity index (χ4n) is 7.09. The molecule has 1 aliphatic heterocycles. The molecule has 7 atom stereocenters. The molecule has 4 aliphatic rings. The predicted molar refractivity (Wildman–Crippen MR) is 154 cm³/mol. The largest absolute Gasteiger partial charge is 0.481 e. The third kappa shape index (κ3) is 5.31. The van der Waals surface area contributed by atoms with E-state index in [1.807, 2.05) is 18.2 Å². The van der Waals surface area contributed by atoms with Crippen LogP contribution in [0.15, 0.2) is 48.8 Å². The number of carbonyl (C=O) groups excluding carboxylic acids is 2. The van der Waals surface area contributed by atoms with Crippen molar-refractivity contribution in [1.29, 1.82) is 0 Å². The molecule has 8 nitrogen and oxygen atoms in total. The van der Waals surface area contributed by atoms with Gasteiger partial charge in [0.25, 0.3) is 5.91 Å². The summed E-state index contributed by atoms with van der Waals surface area (Å²) >= 11 is 0. The van der Waals surface area contributed by atoms with Crippen molar-refractivity contribution in [3.8, 4) is 11.1 Å². The van der Waals surface area contributed by atoms with Crippen molar-refractivity contribution in [2.75, 3.05) is 0 Å². The van der Waals surface area contributed by atoms with Crippen molar-refractivity contribution in [3.05, 3.63) is 54.4 Å². The molecule has 3 N–H and O–H groups in total. The van der Waals surface area contributed by atoms with Crippen LogP contribution >= 0.6 is 0 Å². The Morgan fingerprint density at radius 3 is 2.50 bits per heavy atom. The Kier molecular flexibility index (Phi) is 7.85. The number of nitrogens with one attached hydrogen (secondary N) is 2. The molecule has 214 valence electrons. The van der Waals surface area contributed by atoms with E-state index in [-0.39, 0.29) is 23.0 Å². The minimum atomic E-state index is -1.14. The summed E-state index contributed by atoms with van der Waals surface area (Å²) in [6, 6.07) is 9.72. The number of aliphatic hydroxyl groups excluding tert-OH is 1. The topological polar surface area (TPSA) is 110 Å². The molecular formula is C31H42BN3O5. The van der Waals surface area contributed by atoms with Gasteiger partial charge in [-0.2, -0.15) is 0 Å². The van der Waals surface area contributed by atoms with E-state index < -0.39 is 37.0 Å². The van der Waals surface area contributed by atoms with Gasteiger partial charge in [0.2, 0.25) is 5.91 Å². The van der Waals surface area contributed by atoms with Crippen molar-refractivity contribution in [2.45, 2.75) is 90.6 Å². The minimum absolute atomic E-state index is 0.000181. The molecule has 2 aromatic rings. The van der Waals surface area contributed by atoms with Gasteiger partial charge in [0.1, 0.15) is 6.04 Å². The molecule has 1 aromatic carbocycles. The standard InChI is InChI=1S/C31H42BN3O5/c1-18(2)13-26(32-39-25-16-23-15-24(30(23,4)5)31(25,6)40-32)34-29(38)27(19(3)36)35-28(37)21-10-7-9-20(14-21)22-11-8-12-33-17-22/h7-12,14,17-19,23-27,36H,13,15-16H2,1-6H3,(H,34,38)(H,35,37)/t19-,23+,24+,25-,26+,27+,31+/m1/s1. The van der Waals surface area contributed by atoms with Gasteiger partial charge in [-0.25, -0.2) is 0 Å². The van der Waals surface area contributed by atoms with Gasteiger partial charge in [-0.1, -0.05) is 45.9 Å². The first-order chi connectivity index (χ1) is 18.9. The van der Waals surface area contributed by atoms with E-state index >= 15 is 0 Å². The number of hydrogen-bond acceptors (Lipinski definition) is 6. The third-order valence-electron chi connectivity index (χ3n) is 9.52. The Balaban J connectivity index is 1.29. The van der Waals surface area contributed by atoms with Gasteiger partial charge in [-0.05, 0) is 80.0 Å². The molecule has 1 saturated heterocycles. The Labute approximate surface area is 237 Å². The molecule has 2 bridgehead atoms. The number of rotatable bonds is 9. The highest BCUT2D eigenvalue weighted by molar-refractivity contribution is 6.48. The van der Waals surface area contributed by atoms with E-state index in [0.29, 0.717) is 23.8 Å². The molecule has 0 radical (unpaired) electrons. The van der Waals surface area contributed by atoms with E-state index in [1.165, 1.54) is 6.92 Å². The van der Waals surface area contributed by atoms with Crippen LogP contribution in [0, 0.1) is 23.2 Å². The summed E-state index contributed by atoms with van der Waals surface area (Å²) in [6.07, 6.45) is 5.07. The number of aliphatic hydroxyl groups is 1. The number of amides is 2. The average molecular weight is 548 g/mol. The van der Waals surface area contributed by atoms with E-state index in [1.54, 1.807) is 30.6 Å². The van der Waals surface area contributed by atoms with Crippen molar-refractivity contribution in [3.63, 3.8) is 0 Å². The monoisotopic (exact) mass is 547 g/mol. The van der Waals surface area contributed by atoms with Crippen LogP contribution < -0.4 is 10.6 Å². The molecule has 3 saturated carbocycles. The number of hydrogen-bond donors (Lipinski definition) is 3. The first-order valence-corrected chi connectivity index (χ1v) is 14.5. The summed E-state index contributed by atoms with van der Waals surface area (Å²) in [5.41, 5.74) is 1.93. The third-order valence-corrected chi connectivity index (χ3v) is 9.52. The van der Waals surface area contributed by atoms with E-state index in [9.17, 15) is 14.7 Å². The number of benzene rings is 1. The van der Waals surface area contributed by atoms with Crippen molar-refractivity contribution < 1.29 is 24.0 Å². The second kappa shape index (κ2) is 10.9. The molecule has 0 unspecified atom stereocenters. The Morgan fingerprint density at radius 2 is 1.85 bits per heavy atom. The molecule has 3 aliphatic carbocycles. The van der Waals surface area contributed by atoms with Gasteiger partial charge in [0.05, 0.1) is 23.8 Å². The van der Waals surface area contributed by atoms with Crippen LogP contribution in [0.4, 0.5) is 0 Å². The lowest BCUT2D eigenvalue weighted by atomic mass is 9.43. The van der Waals surface area contributed by atoms with Crippen LogP contribution in [0.25, 0.3) is 11.1 Å². The molecule has 40 heavy (non-hydrogen) atoms. The summed E-state index contributed by atoms with van der Waals surface area (Å²) < 4.78 is 13.1. The molecule has 9 heteroatoms. The fraction of sp³-hybridized carbons (Fsp3) is 0.581. The zero-order chi connectivity index (χ0) is 28.8. The van der Waals surface area contributed by atoms with Crippen molar-refractivity contribution in [1.82, 2.24) is 15.6 Å². The molecule has 6 rings (SSSR count). The van der Waals surface area contributed by atoms with Crippen molar-refractivity contribution >= 4 is 18.9 Å². The fourth-order valence-corrected chi connectivity index (χ4v) is 7.09. The normalized spacial score (nSPS) is 28.7. The van der Waals surface area contributed by atoms with Crippen molar-refractivity contribution in [2.24, 2.45) is 23.2 Å². The quantitative estimate of drug-likeness (QED) is 0.409. The number of pyridine rings is 1. The summed E-state index contributed by atoms with van der Waals surface area (Å²) in [5.74, 6) is -0.0100. The van der Waals surface area contributed by atoms with Gasteiger partial charge in [-0.15, -0.1) is 0 Å². The highest BCUT2D eigenvalue weighted by atomic mass is 16.7. The van der Waals surface area contributed by atoms with Crippen LogP contribution in [0.1, 0.15) is 71.2 Å². The lowest BCUT2D eigenvalue weighted by Gasteiger charge is -2.64. The Hall–Kier alpha value is -2.75. The van der Waals surface area contributed by atoms with E-state index in [4.69, 9.17) is 9.31 Å². The predicted octanol–water partition coefficient (Wildman–Crippen LogP) is 4.03. The average Bonchev–Trinajstić information content (AvgIpc) is 3.28. The molecule has 4 fully saturated rings. The van der Waals surface area contributed by atoms with Gasteiger partial charge in [0.15, 0.2) is 0 Å². The maximum atomic E-state index is 13.6. The second-order valence-electron chi connectivity index (χ2n) is 13.1. The number of carbonyl (C=O) groups is 2. The van der Waals surface area contributed by atoms with Gasteiger partial charge < -0.3 is 25.0 Å². The molecule has 2 heterocycles. The molecule has 1 aromatic heterocycles. The van der Waals surface area contributed by atoms with Gasteiger partial charge in [-0.3, -0.25) is 14.6 Å². The SMILES string of the molecule is CC(C)C[C@H](NC(=O)[C@@H](NC(=O)c1cccc(-c2cccnc2)c1)[C@@H](C)O)B1O[C@@H]2C[C@@H]3C[C@@H](C3(C)C)[C@]2(C)O1. The molecule has 0 spiro atoms. The first-order valence-electron chi connectivity index (χ1n) is 14.5. The maximum absolute atomic E-state index is 13.6. The lowest BCUT2D eigenvalue weighted by Crippen LogP contribution is -2.65. The highest BCUT2D eigenvalue weighted by Crippen LogP contribution is 2.65. The maximum Gasteiger partial charge on any atom is 0.481 e. The summed E-state index contributed by atoms with van der Waals surface area (Å²) in [7, 11) is -0.585. The first kappa shape index (κ1) is 28.8. The van der Waals surface area contributed by atoms with Crippen LogP contribution in [-0.4, -0.2) is 58.8 Å². The summed E-state index contributed by atoms with van der Waals surface area (Å²) in [6.45, 7) is 12.5. The number of nitrogens with zero attached hydrogens (tertiary/aromatic N) is 1. The van der Waals surface area contributed by atoms with E-state index in [2.05, 4.69) is 50.2 Å². The second-order valence-corrected chi connectivity index (χ2v) is 13.1. The Morgan fingerprint density at radius 1 is 1.10 bits per heavy atom. The minimum Gasteiger partial charge on any atom is -0.404 e. The molecule has 2 amide bonds. The van der Waals surface area contributed by atoms with Crippen LogP contribution in [-0.2, 0) is 14.1 Å². The van der Waals surface area contributed by atoms with Crippen LogP contribution in [0.5, 0.6) is 0 Å². The zero-order valence-corrected chi connectivity index (χ0v) is 24.4. The summed E-state index contributed by atoms with van der Waals surface area (Å²) in [5, 5.41) is 16.3. The van der Waals surface area contributed by atoms with E-state index in [0.717, 1.165) is 24.0 Å². The van der Waals surface area contributed by atoms with Crippen LogP contribution in [0.2, 0.25) is 0 Å². The van der Waals surface area contributed by atoms with Gasteiger partial charge in [0, 0.05) is 23.5 Å². The Bertz CT molecular complexity index is 1240. The number of aromatic nitrogens is 1. The smallest absolute Gasteiger partial charge is 0.404 e. The zero-order valence-electron chi connectivity index (χ0n) is 24.4. The highest BCUT2D eigenvalue weighted by Gasteiger charge is 2.68. The lowest BCUT2D eigenvalue weighted by molar-refractivity contribution is -0.199.